The van der Waals surface area contributed by atoms with Gasteiger partial charge in [0.15, 0.2) is 0 Å². The lowest BCUT2D eigenvalue weighted by Gasteiger charge is -2.11. The van der Waals surface area contributed by atoms with Crippen LogP contribution in [0.5, 0.6) is 0 Å². The molecule has 0 unspecified atom stereocenters. The molecule has 0 fully saturated rings. The van der Waals surface area contributed by atoms with E-state index >= 15 is 0 Å². The molecule has 1 aliphatic carbocycles. The van der Waals surface area contributed by atoms with Crippen molar-refractivity contribution in [3.8, 4) is 0 Å². The largest absolute Gasteiger partial charge is 0.462 e. The van der Waals surface area contributed by atoms with Crippen LogP contribution in [0.2, 0.25) is 0 Å². The number of nitrogens with zero attached hydrogens (tertiary/aromatic N) is 2. The SMILES string of the molecule is CCCCOC(=O)c1cccc(NC(=O)CSc2ncnc3sc4c(c23)CCCC4)c1. The summed E-state index contributed by atoms with van der Waals surface area (Å²) in [5.41, 5.74) is 2.38. The predicted octanol–water partition coefficient (Wildman–Crippen LogP) is 5.26. The number of ether oxygens (including phenoxy) is 1. The summed E-state index contributed by atoms with van der Waals surface area (Å²) in [4.78, 5) is 36.0. The molecule has 0 atom stereocenters. The fraction of sp³-hybridized carbons (Fsp3) is 0.391. The number of hydrogen-bond donors (Lipinski definition) is 1. The lowest BCUT2D eigenvalue weighted by molar-refractivity contribution is -0.113. The zero-order valence-corrected chi connectivity index (χ0v) is 19.1. The molecule has 1 N–H and O–H groups in total. The average molecular weight is 456 g/mol. The quantitative estimate of drug-likeness (QED) is 0.216. The van der Waals surface area contributed by atoms with Crippen molar-refractivity contribution in [2.45, 2.75) is 50.5 Å². The molecule has 1 amide bonds. The zero-order valence-electron chi connectivity index (χ0n) is 17.5. The number of nitrogens with one attached hydrogen (secondary N) is 1. The number of hydrogen-bond acceptors (Lipinski definition) is 7. The Hall–Kier alpha value is -2.45. The van der Waals surface area contributed by atoms with Crippen LogP contribution in [0, 0.1) is 0 Å². The van der Waals surface area contributed by atoms with Gasteiger partial charge in [0.25, 0.3) is 0 Å². The first kappa shape index (κ1) is 21.8. The van der Waals surface area contributed by atoms with Gasteiger partial charge in [0.05, 0.1) is 17.9 Å². The predicted molar refractivity (Wildman–Crippen MR) is 125 cm³/mol. The van der Waals surface area contributed by atoms with E-state index in [0.29, 0.717) is 17.9 Å². The first-order valence-electron chi connectivity index (χ1n) is 10.6. The highest BCUT2D eigenvalue weighted by Gasteiger charge is 2.20. The van der Waals surface area contributed by atoms with Gasteiger partial charge in [-0.3, -0.25) is 4.79 Å². The fourth-order valence-electron chi connectivity index (χ4n) is 3.62. The van der Waals surface area contributed by atoms with E-state index in [4.69, 9.17) is 4.74 Å². The van der Waals surface area contributed by atoms with Gasteiger partial charge in [0.2, 0.25) is 5.91 Å². The Bertz CT molecular complexity index is 1100. The van der Waals surface area contributed by atoms with Gasteiger partial charge in [-0.05, 0) is 55.9 Å². The minimum atomic E-state index is -0.371. The number of amides is 1. The van der Waals surface area contributed by atoms with E-state index in [1.54, 1.807) is 41.9 Å². The summed E-state index contributed by atoms with van der Waals surface area (Å²) in [7, 11) is 0. The van der Waals surface area contributed by atoms with E-state index in [9.17, 15) is 9.59 Å². The molecule has 0 saturated carbocycles. The van der Waals surface area contributed by atoms with Crippen molar-refractivity contribution in [3.63, 3.8) is 0 Å². The van der Waals surface area contributed by atoms with Crippen LogP contribution in [-0.4, -0.2) is 34.2 Å². The third kappa shape index (κ3) is 5.25. The lowest BCUT2D eigenvalue weighted by Crippen LogP contribution is -2.15. The number of carbonyl (C=O) groups excluding carboxylic acids is 2. The zero-order chi connectivity index (χ0) is 21.6. The van der Waals surface area contributed by atoms with Gasteiger partial charge >= 0.3 is 5.97 Å². The van der Waals surface area contributed by atoms with Crippen molar-refractivity contribution in [2.75, 3.05) is 17.7 Å². The summed E-state index contributed by atoms with van der Waals surface area (Å²) in [6, 6.07) is 6.85. The van der Waals surface area contributed by atoms with E-state index in [1.807, 2.05) is 6.92 Å². The molecule has 4 rings (SSSR count). The van der Waals surface area contributed by atoms with Gasteiger partial charge < -0.3 is 10.1 Å². The number of rotatable bonds is 8. The van der Waals surface area contributed by atoms with Crippen LogP contribution in [0.4, 0.5) is 5.69 Å². The number of aromatic nitrogens is 2. The maximum Gasteiger partial charge on any atom is 0.338 e. The Labute approximate surface area is 189 Å². The lowest BCUT2D eigenvalue weighted by atomic mass is 9.97. The standard InChI is InChI=1S/C23H25N3O3S2/c1-2-3-11-29-23(28)15-7-6-8-16(12-15)26-19(27)13-30-21-20-17-9-4-5-10-18(17)31-22(20)25-14-24-21/h6-8,12,14H,2-5,9-11,13H2,1H3,(H,26,27). The number of anilines is 1. The van der Waals surface area contributed by atoms with Gasteiger partial charge in [-0.2, -0.15) is 0 Å². The molecule has 3 aromatic rings. The van der Waals surface area contributed by atoms with Crippen LogP contribution in [0.15, 0.2) is 35.6 Å². The molecule has 0 spiro atoms. The Kier molecular flexibility index (Phi) is 7.19. The topological polar surface area (TPSA) is 81.2 Å². The Balaban J connectivity index is 1.40. The Morgan fingerprint density at radius 2 is 2.10 bits per heavy atom. The monoisotopic (exact) mass is 455 g/mol. The maximum atomic E-state index is 12.6. The second-order valence-corrected chi connectivity index (χ2v) is 9.52. The molecular formula is C23H25N3O3S2. The molecule has 0 radical (unpaired) electrons. The summed E-state index contributed by atoms with van der Waals surface area (Å²) in [5, 5.41) is 4.86. The molecule has 1 aliphatic rings. The number of unbranched alkanes of at least 4 members (excludes halogenated alkanes) is 1. The van der Waals surface area contributed by atoms with E-state index in [-0.39, 0.29) is 17.6 Å². The van der Waals surface area contributed by atoms with Gasteiger partial charge in [-0.1, -0.05) is 31.2 Å². The molecule has 2 aromatic heterocycles. The highest BCUT2D eigenvalue weighted by Crippen LogP contribution is 2.39. The van der Waals surface area contributed by atoms with Crippen LogP contribution in [0.3, 0.4) is 0 Å². The highest BCUT2D eigenvalue weighted by molar-refractivity contribution is 8.00. The van der Waals surface area contributed by atoms with Crippen molar-refractivity contribution < 1.29 is 14.3 Å². The summed E-state index contributed by atoms with van der Waals surface area (Å²) in [6.45, 7) is 2.45. The number of esters is 1. The Morgan fingerprint density at radius 1 is 1.23 bits per heavy atom. The Morgan fingerprint density at radius 3 is 2.97 bits per heavy atom. The summed E-state index contributed by atoms with van der Waals surface area (Å²) in [6.07, 6.45) is 7.97. The van der Waals surface area contributed by atoms with Crippen LogP contribution in [-0.2, 0) is 22.4 Å². The number of fused-ring (bicyclic) bond motifs is 3. The average Bonchev–Trinajstić information content (AvgIpc) is 3.17. The van der Waals surface area contributed by atoms with Gasteiger partial charge in [-0.15, -0.1) is 11.3 Å². The minimum Gasteiger partial charge on any atom is -0.462 e. The van der Waals surface area contributed by atoms with Crippen LogP contribution < -0.4 is 5.32 Å². The molecule has 1 aromatic carbocycles. The number of thioether (sulfide) groups is 1. The molecular weight excluding hydrogens is 430 g/mol. The number of thiophene rings is 1. The number of aryl methyl sites for hydroxylation is 2. The van der Waals surface area contributed by atoms with Crippen molar-refractivity contribution in [2.24, 2.45) is 0 Å². The molecule has 162 valence electrons. The summed E-state index contributed by atoms with van der Waals surface area (Å²) >= 11 is 3.18. The summed E-state index contributed by atoms with van der Waals surface area (Å²) < 4.78 is 5.24. The van der Waals surface area contributed by atoms with E-state index in [2.05, 4.69) is 15.3 Å². The smallest absolute Gasteiger partial charge is 0.338 e. The van der Waals surface area contributed by atoms with Crippen LogP contribution >= 0.6 is 23.1 Å². The van der Waals surface area contributed by atoms with E-state index < -0.39 is 0 Å². The van der Waals surface area contributed by atoms with E-state index in [0.717, 1.165) is 40.9 Å². The van der Waals surface area contributed by atoms with Crippen molar-refractivity contribution in [1.82, 2.24) is 9.97 Å². The second kappa shape index (κ2) is 10.2. The first-order valence-corrected chi connectivity index (χ1v) is 12.4. The molecule has 0 bridgehead atoms. The summed E-state index contributed by atoms with van der Waals surface area (Å²) in [5.74, 6) is -0.274. The maximum absolute atomic E-state index is 12.6. The van der Waals surface area contributed by atoms with E-state index in [1.165, 1.54) is 35.0 Å². The third-order valence-corrected chi connectivity index (χ3v) is 7.36. The number of benzene rings is 1. The molecule has 2 heterocycles. The van der Waals surface area contributed by atoms with Crippen molar-refractivity contribution >= 4 is 50.9 Å². The molecule has 0 aliphatic heterocycles. The molecule has 31 heavy (non-hydrogen) atoms. The molecule has 0 saturated heterocycles. The van der Waals surface area contributed by atoms with Crippen molar-refractivity contribution in [3.05, 3.63) is 46.6 Å². The van der Waals surface area contributed by atoms with Crippen molar-refractivity contribution in [1.29, 1.82) is 0 Å². The minimum absolute atomic E-state index is 0.141. The second-order valence-electron chi connectivity index (χ2n) is 7.48. The molecule has 6 nitrogen and oxygen atoms in total. The fourth-order valence-corrected chi connectivity index (χ4v) is 5.74. The van der Waals surface area contributed by atoms with Gasteiger partial charge in [-0.25, -0.2) is 14.8 Å². The third-order valence-electron chi connectivity index (χ3n) is 5.17. The van der Waals surface area contributed by atoms with Crippen LogP contribution in [0.25, 0.3) is 10.2 Å². The van der Waals surface area contributed by atoms with Gasteiger partial charge in [0, 0.05) is 16.0 Å². The highest BCUT2D eigenvalue weighted by atomic mass is 32.2. The van der Waals surface area contributed by atoms with Gasteiger partial charge in [0.1, 0.15) is 16.2 Å². The number of carbonyl (C=O) groups is 2. The van der Waals surface area contributed by atoms with Crippen LogP contribution in [0.1, 0.15) is 53.4 Å². The first-order chi connectivity index (χ1) is 15.2. The molecule has 8 heteroatoms. The normalized spacial score (nSPS) is 13.1.